The fourth-order valence-electron chi connectivity index (χ4n) is 1.03. The van der Waals surface area contributed by atoms with Crippen molar-refractivity contribution in [1.29, 1.82) is 0 Å². The van der Waals surface area contributed by atoms with Crippen LogP contribution < -0.4 is 0 Å². The third kappa shape index (κ3) is 2.37. The molecular formula is C9H12N2O4S. The van der Waals surface area contributed by atoms with E-state index in [1.807, 2.05) is 0 Å². The average Bonchev–Trinajstić information content (AvgIpc) is 2.28. The molecule has 88 valence electrons. The molecule has 0 radical (unpaired) electrons. The van der Waals surface area contributed by atoms with Crippen LogP contribution in [-0.2, 0) is 14.8 Å². The van der Waals surface area contributed by atoms with Crippen molar-refractivity contribution in [3.63, 3.8) is 0 Å². The van der Waals surface area contributed by atoms with Crippen molar-refractivity contribution in [1.82, 2.24) is 9.29 Å². The molecule has 0 fully saturated rings. The summed E-state index contributed by atoms with van der Waals surface area (Å²) in [4.78, 5) is 14.4. The van der Waals surface area contributed by atoms with Crippen molar-refractivity contribution in [3.8, 4) is 0 Å². The van der Waals surface area contributed by atoms with Crippen LogP contribution in [0.15, 0.2) is 29.4 Å². The van der Waals surface area contributed by atoms with Gasteiger partial charge in [0.25, 0.3) is 0 Å². The molecule has 1 unspecified atom stereocenters. The highest BCUT2D eigenvalue weighted by molar-refractivity contribution is 7.89. The van der Waals surface area contributed by atoms with Crippen LogP contribution in [0.3, 0.4) is 0 Å². The Hall–Kier alpha value is -1.47. The predicted octanol–water partition coefficient (Wildman–Crippen LogP) is 0.175. The maximum absolute atomic E-state index is 11.9. The SMILES string of the molecule is CC(C(=O)O)N(C)S(=O)(=O)c1cccnc1. The quantitative estimate of drug-likeness (QED) is 0.816. The number of carboxylic acids is 1. The molecule has 1 heterocycles. The number of aromatic nitrogens is 1. The monoisotopic (exact) mass is 244 g/mol. The van der Waals surface area contributed by atoms with E-state index >= 15 is 0 Å². The molecule has 7 heteroatoms. The number of likely N-dealkylation sites (N-methyl/N-ethyl adjacent to an activating group) is 1. The third-order valence-corrected chi connectivity index (χ3v) is 4.13. The molecule has 0 aliphatic carbocycles. The molecule has 0 aromatic carbocycles. The molecule has 0 spiro atoms. The lowest BCUT2D eigenvalue weighted by Gasteiger charge is -2.20. The second-order valence-corrected chi connectivity index (χ2v) is 5.22. The zero-order valence-electron chi connectivity index (χ0n) is 8.86. The van der Waals surface area contributed by atoms with Gasteiger partial charge in [-0.15, -0.1) is 0 Å². The molecule has 0 aliphatic rings. The highest BCUT2D eigenvalue weighted by Crippen LogP contribution is 2.14. The second-order valence-electron chi connectivity index (χ2n) is 3.22. The van der Waals surface area contributed by atoms with Gasteiger partial charge in [0.2, 0.25) is 10.0 Å². The van der Waals surface area contributed by atoms with Gasteiger partial charge in [-0.25, -0.2) is 8.42 Å². The van der Waals surface area contributed by atoms with E-state index in [1.54, 1.807) is 0 Å². The molecule has 1 N–H and O–H groups in total. The van der Waals surface area contributed by atoms with E-state index in [0.717, 1.165) is 4.31 Å². The lowest BCUT2D eigenvalue weighted by atomic mass is 10.4. The van der Waals surface area contributed by atoms with Gasteiger partial charge in [-0.1, -0.05) is 0 Å². The number of carboxylic acid groups (broad SMARTS) is 1. The number of rotatable bonds is 4. The van der Waals surface area contributed by atoms with E-state index in [-0.39, 0.29) is 4.90 Å². The predicted molar refractivity (Wildman–Crippen MR) is 56.3 cm³/mol. The summed E-state index contributed by atoms with van der Waals surface area (Å²) in [5.74, 6) is -1.20. The zero-order chi connectivity index (χ0) is 12.3. The number of carbonyl (C=O) groups is 1. The largest absolute Gasteiger partial charge is 0.480 e. The summed E-state index contributed by atoms with van der Waals surface area (Å²) >= 11 is 0. The fourth-order valence-corrected chi connectivity index (χ4v) is 2.31. The summed E-state index contributed by atoms with van der Waals surface area (Å²) < 4.78 is 24.6. The molecule has 0 saturated carbocycles. The summed E-state index contributed by atoms with van der Waals surface area (Å²) in [6.45, 7) is 1.30. The number of pyridine rings is 1. The Kier molecular flexibility index (Phi) is 3.61. The Morgan fingerprint density at radius 2 is 2.19 bits per heavy atom. The fraction of sp³-hybridized carbons (Fsp3) is 0.333. The molecule has 1 aromatic rings. The smallest absolute Gasteiger partial charge is 0.321 e. The maximum Gasteiger partial charge on any atom is 0.321 e. The lowest BCUT2D eigenvalue weighted by Crippen LogP contribution is -2.40. The molecule has 16 heavy (non-hydrogen) atoms. The normalized spacial score (nSPS) is 13.7. The molecule has 0 amide bonds. The minimum Gasteiger partial charge on any atom is -0.480 e. The van der Waals surface area contributed by atoms with Crippen LogP contribution >= 0.6 is 0 Å². The van der Waals surface area contributed by atoms with Gasteiger partial charge in [-0.05, 0) is 19.1 Å². The van der Waals surface area contributed by atoms with Crippen molar-refractivity contribution in [2.45, 2.75) is 17.9 Å². The number of sulfonamides is 1. The van der Waals surface area contributed by atoms with Gasteiger partial charge < -0.3 is 5.11 Å². The van der Waals surface area contributed by atoms with E-state index in [2.05, 4.69) is 4.98 Å². The third-order valence-electron chi connectivity index (χ3n) is 2.21. The first-order chi connectivity index (χ1) is 7.37. The minimum absolute atomic E-state index is 0.0226. The molecule has 0 aliphatic heterocycles. The molecule has 1 aromatic heterocycles. The molecule has 1 rings (SSSR count). The number of hydrogen-bond acceptors (Lipinski definition) is 4. The average molecular weight is 244 g/mol. The highest BCUT2D eigenvalue weighted by Gasteiger charge is 2.29. The Bertz CT molecular complexity index is 472. The van der Waals surface area contributed by atoms with Gasteiger partial charge in [-0.2, -0.15) is 4.31 Å². The summed E-state index contributed by atoms with van der Waals surface area (Å²) in [6.07, 6.45) is 2.63. The highest BCUT2D eigenvalue weighted by atomic mass is 32.2. The van der Waals surface area contributed by atoms with E-state index in [9.17, 15) is 13.2 Å². The van der Waals surface area contributed by atoms with Gasteiger partial charge in [0.05, 0.1) is 0 Å². The van der Waals surface area contributed by atoms with E-state index in [1.165, 1.54) is 38.5 Å². The van der Waals surface area contributed by atoms with Gasteiger partial charge in [0.15, 0.2) is 0 Å². The molecule has 1 atom stereocenters. The van der Waals surface area contributed by atoms with Crippen LogP contribution in [0.4, 0.5) is 0 Å². The van der Waals surface area contributed by atoms with Gasteiger partial charge in [0.1, 0.15) is 10.9 Å². The van der Waals surface area contributed by atoms with Crippen molar-refractivity contribution in [2.24, 2.45) is 0 Å². The summed E-state index contributed by atoms with van der Waals surface area (Å²) in [5.41, 5.74) is 0. The Morgan fingerprint density at radius 1 is 1.56 bits per heavy atom. The molecule has 0 bridgehead atoms. The number of aliphatic carboxylic acids is 1. The topological polar surface area (TPSA) is 87.6 Å². The van der Waals surface area contributed by atoms with E-state index in [4.69, 9.17) is 5.11 Å². The van der Waals surface area contributed by atoms with Crippen LogP contribution in [0.1, 0.15) is 6.92 Å². The van der Waals surface area contributed by atoms with Crippen LogP contribution in [0.5, 0.6) is 0 Å². The Balaban J connectivity index is 3.09. The summed E-state index contributed by atoms with van der Waals surface area (Å²) in [5, 5.41) is 8.74. The molecule has 0 saturated heterocycles. The number of nitrogens with zero attached hydrogens (tertiary/aromatic N) is 2. The van der Waals surface area contributed by atoms with Crippen molar-refractivity contribution in [2.75, 3.05) is 7.05 Å². The van der Waals surface area contributed by atoms with Crippen LogP contribution in [-0.4, -0.2) is 41.9 Å². The molecular weight excluding hydrogens is 232 g/mol. The van der Waals surface area contributed by atoms with Crippen molar-refractivity contribution in [3.05, 3.63) is 24.5 Å². The summed E-state index contributed by atoms with van der Waals surface area (Å²) in [6, 6.07) is 1.73. The first-order valence-corrected chi connectivity index (χ1v) is 5.92. The second kappa shape index (κ2) is 4.58. The number of hydrogen-bond donors (Lipinski definition) is 1. The first-order valence-electron chi connectivity index (χ1n) is 4.48. The Labute approximate surface area is 93.6 Å². The van der Waals surface area contributed by atoms with Gasteiger partial charge >= 0.3 is 5.97 Å². The van der Waals surface area contributed by atoms with Crippen molar-refractivity contribution < 1.29 is 18.3 Å². The Morgan fingerprint density at radius 3 is 2.62 bits per heavy atom. The van der Waals surface area contributed by atoms with Crippen molar-refractivity contribution >= 4 is 16.0 Å². The van der Waals surface area contributed by atoms with Crippen LogP contribution in [0, 0.1) is 0 Å². The van der Waals surface area contributed by atoms with Gasteiger partial charge in [-0.3, -0.25) is 9.78 Å². The summed E-state index contributed by atoms with van der Waals surface area (Å²) in [7, 11) is -2.57. The van der Waals surface area contributed by atoms with E-state index in [0.29, 0.717) is 0 Å². The first kappa shape index (κ1) is 12.6. The lowest BCUT2D eigenvalue weighted by molar-refractivity contribution is -0.140. The zero-order valence-corrected chi connectivity index (χ0v) is 9.68. The molecule has 6 nitrogen and oxygen atoms in total. The van der Waals surface area contributed by atoms with E-state index < -0.39 is 22.0 Å². The standard InChI is InChI=1S/C9H12N2O4S/c1-7(9(12)13)11(2)16(14,15)8-4-3-5-10-6-8/h3-7H,1-2H3,(H,12,13). The van der Waals surface area contributed by atoms with Crippen LogP contribution in [0.25, 0.3) is 0 Å². The maximum atomic E-state index is 11.9. The van der Waals surface area contributed by atoms with Crippen LogP contribution in [0.2, 0.25) is 0 Å². The van der Waals surface area contributed by atoms with Gasteiger partial charge in [0, 0.05) is 19.4 Å². The minimum atomic E-state index is -3.79.